The maximum absolute atomic E-state index is 5.94. The minimum Gasteiger partial charge on any atom is -0.361 e. The fraction of sp³-hybridized carbons (Fsp3) is 0.250. The first-order chi connectivity index (χ1) is 10.2. The third-order valence-corrected chi connectivity index (χ3v) is 4.83. The largest absolute Gasteiger partial charge is 0.361 e. The zero-order valence-corrected chi connectivity index (χ0v) is 12.9. The minimum absolute atomic E-state index is 0.0453. The molecule has 108 valence electrons. The second kappa shape index (κ2) is 5.79. The summed E-state index contributed by atoms with van der Waals surface area (Å²) in [5.74, 6) is 0.862. The van der Waals surface area contributed by atoms with Crippen molar-refractivity contribution >= 4 is 27.4 Å². The highest BCUT2D eigenvalue weighted by Crippen LogP contribution is 2.33. The predicted octanol–water partition coefficient (Wildman–Crippen LogP) is 3.42. The molecule has 0 saturated heterocycles. The molecule has 3 N–H and O–H groups in total. The molecule has 1 unspecified atom stereocenters. The molecule has 0 radical (unpaired) electrons. The number of hydrogen-bond donors (Lipinski definition) is 2. The molecule has 0 aliphatic carbocycles. The smallest absolute Gasteiger partial charge is 0.138 e. The highest BCUT2D eigenvalue weighted by atomic mass is 32.1. The lowest BCUT2D eigenvalue weighted by Crippen LogP contribution is -2.21. The van der Waals surface area contributed by atoms with E-state index in [1.165, 1.54) is 10.4 Å². The molecule has 0 saturated carbocycles. The Hall–Kier alpha value is -1.98. The van der Waals surface area contributed by atoms with Crippen LogP contribution in [-0.2, 0) is 0 Å². The molecular formula is C16H18N4S. The third kappa shape index (κ3) is 2.62. The Balaban J connectivity index is 2.01. The molecule has 2 aromatic heterocycles. The van der Waals surface area contributed by atoms with Gasteiger partial charge in [0.05, 0.1) is 11.4 Å². The van der Waals surface area contributed by atoms with Crippen LogP contribution < -0.4 is 11.1 Å². The number of benzene rings is 1. The zero-order chi connectivity index (χ0) is 14.8. The van der Waals surface area contributed by atoms with Crippen molar-refractivity contribution in [2.75, 3.05) is 11.9 Å². The zero-order valence-electron chi connectivity index (χ0n) is 12.1. The van der Waals surface area contributed by atoms with Crippen LogP contribution in [0.3, 0.4) is 0 Å². The second-order valence-electron chi connectivity index (χ2n) is 5.03. The van der Waals surface area contributed by atoms with E-state index in [-0.39, 0.29) is 6.04 Å². The molecule has 0 fully saturated rings. The fourth-order valence-electron chi connectivity index (χ4n) is 2.42. The lowest BCUT2D eigenvalue weighted by atomic mass is 10.1. The average molecular weight is 298 g/mol. The Kier molecular flexibility index (Phi) is 3.86. The number of nitrogens with zero attached hydrogens (tertiary/aromatic N) is 2. The SMILES string of the molecule is Cc1sc2ncnc(NC(CN)c3ccccc3)c2c1C. The van der Waals surface area contributed by atoms with E-state index in [4.69, 9.17) is 5.73 Å². The first-order valence-electron chi connectivity index (χ1n) is 6.93. The van der Waals surface area contributed by atoms with Crippen LogP contribution in [0.2, 0.25) is 0 Å². The van der Waals surface area contributed by atoms with Gasteiger partial charge in [0.15, 0.2) is 0 Å². The van der Waals surface area contributed by atoms with Gasteiger partial charge < -0.3 is 11.1 Å². The molecule has 0 spiro atoms. The van der Waals surface area contributed by atoms with Crippen LogP contribution in [0.1, 0.15) is 22.0 Å². The van der Waals surface area contributed by atoms with Crippen molar-refractivity contribution in [3.63, 3.8) is 0 Å². The summed E-state index contributed by atoms with van der Waals surface area (Å²) in [4.78, 5) is 11.1. The summed E-state index contributed by atoms with van der Waals surface area (Å²) in [6.07, 6.45) is 1.61. The van der Waals surface area contributed by atoms with Gasteiger partial charge in [0.2, 0.25) is 0 Å². The summed E-state index contributed by atoms with van der Waals surface area (Å²) in [5, 5.41) is 4.58. The van der Waals surface area contributed by atoms with Gasteiger partial charge in [0.25, 0.3) is 0 Å². The summed E-state index contributed by atoms with van der Waals surface area (Å²) in [5.41, 5.74) is 8.34. The van der Waals surface area contributed by atoms with Gasteiger partial charge in [0.1, 0.15) is 17.0 Å². The van der Waals surface area contributed by atoms with Gasteiger partial charge >= 0.3 is 0 Å². The van der Waals surface area contributed by atoms with Gasteiger partial charge in [-0.2, -0.15) is 0 Å². The molecular weight excluding hydrogens is 280 g/mol. The van der Waals surface area contributed by atoms with Crippen LogP contribution in [0, 0.1) is 13.8 Å². The van der Waals surface area contributed by atoms with E-state index in [2.05, 4.69) is 41.3 Å². The molecule has 4 nitrogen and oxygen atoms in total. The first kappa shape index (κ1) is 14.0. The molecule has 0 aliphatic heterocycles. The lowest BCUT2D eigenvalue weighted by molar-refractivity contribution is 0.785. The van der Waals surface area contributed by atoms with Crippen LogP contribution >= 0.6 is 11.3 Å². The van der Waals surface area contributed by atoms with E-state index in [1.54, 1.807) is 17.7 Å². The summed E-state index contributed by atoms with van der Waals surface area (Å²) >= 11 is 1.70. The van der Waals surface area contributed by atoms with Crippen molar-refractivity contribution < 1.29 is 0 Å². The van der Waals surface area contributed by atoms with E-state index in [9.17, 15) is 0 Å². The molecule has 0 bridgehead atoms. The van der Waals surface area contributed by atoms with Gasteiger partial charge in [-0.1, -0.05) is 30.3 Å². The number of rotatable bonds is 4. The number of thiophene rings is 1. The van der Waals surface area contributed by atoms with E-state index in [0.29, 0.717) is 6.54 Å². The van der Waals surface area contributed by atoms with Gasteiger partial charge in [0, 0.05) is 11.4 Å². The Morgan fingerprint density at radius 2 is 1.95 bits per heavy atom. The average Bonchev–Trinajstić information content (AvgIpc) is 2.81. The lowest BCUT2D eigenvalue weighted by Gasteiger charge is -2.18. The number of anilines is 1. The molecule has 21 heavy (non-hydrogen) atoms. The van der Waals surface area contributed by atoms with Gasteiger partial charge in [-0.15, -0.1) is 11.3 Å². The Morgan fingerprint density at radius 1 is 1.19 bits per heavy atom. The Morgan fingerprint density at radius 3 is 2.67 bits per heavy atom. The Labute approximate surface area is 128 Å². The van der Waals surface area contributed by atoms with E-state index in [1.807, 2.05) is 18.2 Å². The van der Waals surface area contributed by atoms with Gasteiger partial charge in [-0.25, -0.2) is 9.97 Å². The van der Waals surface area contributed by atoms with Crippen molar-refractivity contribution in [3.8, 4) is 0 Å². The first-order valence-corrected chi connectivity index (χ1v) is 7.74. The number of fused-ring (bicyclic) bond motifs is 1. The molecule has 3 aromatic rings. The van der Waals surface area contributed by atoms with Crippen LogP contribution in [0.25, 0.3) is 10.2 Å². The van der Waals surface area contributed by atoms with Crippen molar-refractivity contribution in [3.05, 3.63) is 52.7 Å². The third-order valence-electron chi connectivity index (χ3n) is 3.71. The predicted molar refractivity (Wildman–Crippen MR) is 88.7 cm³/mol. The summed E-state index contributed by atoms with van der Waals surface area (Å²) in [6, 6.07) is 10.3. The monoisotopic (exact) mass is 298 g/mol. The highest BCUT2D eigenvalue weighted by molar-refractivity contribution is 7.18. The summed E-state index contributed by atoms with van der Waals surface area (Å²) < 4.78 is 0. The second-order valence-corrected chi connectivity index (χ2v) is 6.23. The van der Waals surface area contributed by atoms with Crippen molar-refractivity contribution in [2.24, 2.45) is 5.73 Å². The van der Waals surface area contributed by atoms with Crippen molar-refractivity contribution in [1.29, 1.82) is 0 Å². The number of aryl methyl sites for hydroxylation is 2. The van der Waals surface area contributed by atoms with Gasteiger partial charge in [-0.3, -0.25) is 0 Å². The van der Waals surface area contributed by atoms with E-state index >= 15 is 0 Å². The van der Waals surface area contributed by atoms with Crippen molar-refractivity contribution in [2.45, 2.75) is 19.9 Å². The number of hydrogen-bond acceptors (Lipinski definition) is 5. The molecule has 0 amide bonds. The van der Waals surface area contributed by atoms with Crippen LogP contribution in [0.4, 0.5) is 5.82 Å². The van der Waals surface area contributed by atoms with E-state index in [0.717, 1.165) is 21.6 Å². The topological polar surface area (TPSA) is 63.8 Å². The summed E-state index contributed by atoms with van der Waals surface area (Å²) in [7, 11) is 0. The molecule has 2 heterocycles. The van der Waals surface area contributed by atoms with Crippen LogP contribution in [-0.4, -0.2) is 16.5 Å². The minimum atomic E-state index is 0.0453. The molecule has 3 rings (SSSR count). The van der Waals surface area contributed by atoms with Gasteiger partial charge in [-0.05, 0) is 25.0 Å². The van der Waals surface area contributed by atoms with Crippen LogP contribution in [0.15, 0.2) is 36.7 Å². The fourth-order valence-corrected chi connectivity index (χ4v) is 3.42. The highest BCUT2D eigenvalue weighted by Gasteiger charge is 2.15. The standard InChI is InChI=1S/C16H18N4S/c1-10-11(2)21-16-14(10)15(18-9-19-16)20-13(8-17)12-6-4-3-5-7-12/h3-7,9,13H,8,17H2,1-2H3,(H,18,19,20). The molecule has 1 aromatic carbocycles. The van der Waals surface area contributed by atoms with Crippen molar-refractivity contribution in [1.82, 2.24) is 9.97 Å². The van der Waals surface area contributed by atoms with E-state index < -0.39 is 0 Å². The van der Waals surface area contributed by atoms with Crippen LogP contribution in [0.5, 0.6) is 0 Å². The Bertz CT molecular complexity index is 752. The maximum Gasteiger partial charge on any atom is 0.138 e. The number of nitrogens with two attached hydrogens (primary N) is 1. The number of nitrogens with one attached hydrogen (secondary N) is 1. The molecule has 1 atom stereocenters. The summed E-state index contributed by atoms with van der Waals surface area (Å²) in [6.45, 7) is 4.74. The molecule has 0 aliphatic rings. The molecule has 5 heteroatoms. The normalized spacial score (nSPS) is 12.5. The quantitative estimate of drug-likeness (QED) is 0.774. The maximum atomic E-state index is 5.94. The number of aromatic nitrogens is 2.